The largest absolute Gasteiger partial charge is 0.481 e. The number of nitrogens with one attached hydrogen (secondary N) is 1. The number of hydrogen-bond acceptors (Lipinski definition) is 4. The molecule has 136 valence electrons. The van der Waals surface area contributed by atoms with Crippen molar-refractivity contribution in [2.24, 2.45) is 11.8 Å². The number of benzene rings is 1. The van der Waals surface area contributed by atoms with Crippen molar-refractivity contribution in [3.63, 3.8) is 0 Å². The molecule has 25 heavy (non-hydrogen) atoms. The van der Waals surface area contributed by atoms with E-state index in [2.05, 4.69) is 5.32 Å². The maximum absolute atomic E-state index is 12.5. The molecule has 0 aliphatic carbocycles. The van der Waals surface area contributed by atoms with E-state index in [9.17, 15) is 14.4 Å². The average Bonchev–Trinajstić information content (AvgIpc) is 2.62. The molecule has 0 saturated carbocycles. The first kappa shape index (κ1) is 18.9. The molecule has 0 bridgehead atoms. The number of rotatable bonds is 6. The summed E-state index contributed by atoms with van der Waals surface area (Å²) in [5.74, 6) is -1.68. The van der Waals surface area contributed by atoms with Crippen molar-refractivity contribution in [1.82, 2.24) is 4.90 Å². The van der Waals surface area contributed by atoms with Gasteiger partial charge in [0.1, 0.15) is 0 Å². The first-order valence-electron chi connectivity index (χ1n) is 8.34. The molecule has 0 spiro atoms. The van der Waals surface area contributed by atoms with Gasteiger partial charge < -0.3 is 20.1 Å². The second-order valence-corrected chi connectivity index (χ2v) is 6.33. The summed E-state index contributed by atoms with van der Waals surface area (Å²) in [5, 5.41) is 11.8. The van der Waals surface area contributed by atoms with Crippen LogP contribution in [0.15, 0.2) is 24.3 Å². The Labute approximate surface area is 147 Å². The van der Waals surface area contributed by atoms with Gasteiger partial charge in [0.05, 0.1) is 18.4 Å². The highest BCUT2D eigenvalue weighted by atomic mass is 16.5. The molecule has 1 saturated heterocycles. The first-order chi connectivity index (χ1) is 11.9. The fraction of sp³-hybridized carbons (Fsp3) is 0.500. The van der Waals surface area contributed by atoms with Gasteiger partial charge in [-0.1, -0.05) is 6.92 Å². The topological polar surface area (TPSA) is 95.9 Å². The predicted octanol–water partition coefficient (Wildman–Crippen LogP) is 1.84. The number of nitrogens with zero attached hydrogens (tertiary/aromatic N) is 1. The average molecular weight is 348 g/mol. The zero-order valence-corrected chi connectivity index (χ0v) is 14.5. The molecule has 1 aliphatic rings. The fourth-order valence-corrected chi connectivity index (χ4v) is 2.80. The van der Waals surface area contributed by atoms with E-state index in [0.717, 1.165) is 0 Å². The quantitative estimate of drug-likeness (QED) is 0.818. The summed E-state index contributed by atoms with van der Waals surface area (Å²) in [6.07, 6.45) is 0.958. The normalized spacial score (nSPS) is 16.3. The number of aliphatic carboxylic acids is 1. The Bertz CT molecular complexity index is 621. The maximum atomic E-state index is 12.5. The van der Waals surface area contributed by atoms with Crippen LogP contribution >= 0.6 is 0 Å². The van der Waals surface area contributed by atoms with E-state index >= 15 is 0 Å². The lowest BCUT2D eigenvalue weighted by molar-refractivity contribution is -0.143. The van der Waals surface area contributed by atoms with Crippen molar-refractivity contribution in [2.75, 3.05) is 32.1 Å². The van der Waals surface area contributed by atoms with Gasteiger partial charge in [-0.25, -0.2) is 0 Å². The van der Waals surface area contributed by atoms with Crippen molar-refractivity contribution in [3.05, 3.63) is 29.8 Å². The minimum absolute atomic E-state index is 0.116. The minimum Gasteiger partial charge on any atom is -0.481 e. The summed E-state index contributed by atoms with van der Waals surface area (Å²) in [5.41, 5.74) is 1.14. The highest BCUT2D eigenvalue weighted by Gasteiger charge is 2.27. The third-order valence-corrected chi connectivity index (χ3v) is 4.40. The van der Waals surface area contributed by atoms with Crippen molar-refractivity contribution < 1.29 is 24.2 Å². The molecule has 2 N–H and O–H groups in total. The van der Waals surface area contributed by atoms with Crippen molar-refractivity contribution in [3.8, 4) is 0 Å². The zero-order valence-electron chi connectivity index (χ0n) is 14.5. The number of amides is 2. The highest BCUT2D eigenvalue weighted by Crippen LogP contribution is 2.20. The number of anilines is 1. The molecule has 1 atom stereocenters. The number of carboxylic acid groups (broad SMARTS) is 1. The molecule has 0 aromatic heterocycles. The van der Waals surface area contributed by atoms with Crippen LogP contribution in [0.3, 0.4) is 0 Å². The standard InChI is InChI=1S/C18H24N2O5/c1-12(11-25-2)16(21)19-15-5-3-13(4-6-15)17(22)20-9-7-14(8-10-20)18(23)24/h3-6,12,14H,7-11H2,1-2H3,(H,19,21)(H,23,24). The van der Waals surface area contributed by atoms with E-state index in [1.807, 2.05) is 0 Å². The number of hydrogen-bond donors (Lipinski definition) is 2. The molecule has 1 aromatic rings. The molecule has 0 radical (unpaired) electrons. The summed E-state index contributed by atoms with van der Waals surface area (Å²) >= 11 is 0. The maximum Gasteiger partial charge on any atom is 0.306 e. The van der Waals surface area contributed by atoms with E-state index < -0.39 is 5.97 Å². The van der Waals surface area contributed by atoms with Gasteiger partial charge in [0.2, 0.25) is 5.91 Å². The van der Waals surface area contributed by atoms with E-state index in [4.69, 9.17) is 9.84 Å². The summed E-state index contributed by atoms with van der Waals surface area (Å²) in [6.45, 7) is 3.01. The molecule has 1 aromatic carbocycles. The third-order valence-electron chi connectivity index (χ3n) is 4.40. The van der Waals surface area contributed by atoms with Gasteiger partial charge in [0, 0.05) is 31.5 Å². The molecule has 1 unspecified atom stereocenters. The molecule has 1 heterocycles. The lowest BCUT2D eigenvalue weighted by Crippen LogP contribution is -2.40. The predicted molar refractivity (Wildman–Crippen MR) is 92.4 cm³/mol. The van der Waals surface area contributed by atoms with Gasteiger partial charge >= 0.3 is 5.97 Å². The lowest BCUT2D eigenvalue weighted by Gasteiger charge is -2.30. The molecule has 2 rings (SSSR count). The number of piperidine rings is 1. The minimum atomic E-state index is -0.796. The van der Waals surface area contributed by atoms with Gasteiger partial charge in [-0.3, -0.25) is 14.4 Å². The SMILES string of the molecule is COCC(C)C(=O)Nc1ccc(C(=O)N2CCC(C(=O)O)CC2)cc1. The van der Waals surface area contributed by atoms with Crippen LogP contribution in [0.2, 0.25) is 0 Å². The molecule has 1 aliphatic heterocycles. The Balaban J connectivity index is 1.92. The third kappa shape index (κ3) is 5.03. The first-order valence-corrected chi connectivity index (χ1v) is 8.34. The van der Waals surface area contributed by atoms with Crippen LogP contribution in [0.4, 0.5) is 5.69 Å². The molecular formula is C18H24N2O5. The highest BCUT2D eigenvalue weighted by molar-refractivity contribution is 5.96. The zero-order chi connectivity index (χ0) is 18.4. The van der Waals surface area contributed by atoms with Gasteiger partial charge in [0.15, 0.2) is 0 Å². The number of carboxylic acids is 1. The van der Waals surface area contributed by atoms with Gasteiger partial charge in [-0.15, -0.1) is 0 Å². The molecule has 2 amide bonds. The Morgan fingerprint density at radius 1 is 1.24 bits per heavy atom. The molecular weight excluding hydrogens is 324 g/mol. The number of ether oxygens (including phenoxy) is 1. The Hall–Kier alpha value is -2.41. The van der Waals surface area contributed by atoms with E-state index in [0.29, 0.717) is 43.8 Å². The summed E-state index contributed by atoms with van der Waals surface area (Å²) in [4.78, 5) is 37.1. The van der Waals surface area contributed by atoms with Crippen molar-refractivity contribution >= 4 is 23.5 Å². The van der Waals surface area contributed by atoms with Crippen molar-refractivity contribution in [1.29, 1.82) is 0 Å². The molecule has 7 nitrogen and oxygen atoms in total. The van der Waals surface area contributed by atoms with Crippen LogP contribution in [-0.4, -0.2) is 54.6 Å². The van der Waals surface area contributed by atoms with Crippen LogP contribution in [0.25, 0.3) is 0 Å². The van der Waals surface area contributed by atoms with E-state index in [1.165, 1.54) is 0 Å². The summed E-state index contributed by atoms with van der Waals surface area (Å²) in [7, 11) is 1.55. The van der Waals surface area contributed by atoms with Crippen LogP contribution in [0.1, 0.15) is 30.1 Å². The summed E-state index contributed by atoms with van der Waals surface area (Å²) < 4.78 is 4.95. The number of methoxy groups -OCH3 is 1. The molecule has 7 heteroatoms. The van der Waals surface area contributed by atoms with Crippen LogP contribution in [0.5, 0.6) is 0 Å². The van der Waals surface area contributed by atoms with E-state index in [1.54, 1.807) is 43.2 Å². The van der Waals surface area contributed by atoms with Crippen LogP contribution in [-0.2, 0) is 14.3 Å². The second-order valence-electron chi connectivity index (χ2n) is 6.33. The number of likely N-dealkylation sites (tertiary alicyclic amines) is 1. The second kappa shape index (κ2) is 8.62. The Kier molecular flexibility index (Phi) is 6.52. The smallest absolute Gasteiger partial charge is 0.306 e. The summed E-state index contributed by atoms with van der Waals surface area (Å²) in [6, 6.07) is 6.72. The number of carbonyl (C=O) groups is 3. The monoisotopic (exact) mass is 348 g/mol. The Morgan fingerprint density at radius 2 is 1.84 bits per heavy atom. The van der Waals surface area contributed by atoms with Gasteiger partial charge in [-0.2, -0.15) is 0 Å². The van der Waals surface area contributed by atoms with Crippen LogP contribution in [0, 0.1) is 11.8 Å². The Morgan fingerprint density at radius 3 is 2.36 bits per heavy atom. The van der Waals surface area contributed by atoms with E-state index in [-0.39, 0.29) is 23.7 Å². The fourth-order valence-electron chi connectivity index (χ4n) is 2.80. The molecule has 1 fully saturated rings. The van der Waals surface area contributed by atoms with Crippen LogP contribution < -0.4 is 5.32 Å². The number of carbonyl (C=O) groups excluding carboxylic acids is 2. The van der Waals surface area contributed by atoms with Crippen molar-refractivity contribution in [2.45, 2.75) is 19.8 Å². The van der Waals surface area contributed by atoms with Gasteiger partial charge in [-0.05, 0) is 37.1 Å². The van der Waals surface area contributed by atoms with Gasteiger partial charge in [0.25, 0.3) is 5.91 Å². The lowest BCUT2D eigenvalue weighted by atomic mass is 9.96.